The molecule has 0 aliphatic heterocycles. The third-order valence-corrected chi connectivity index (χ3v) is 5.49. The summed E-state index contributed by atoms with van der Waals surface area (Å²) in [6.45, 7) is 9.55. The van der Waals surface area contributed by atoms with Crippen molar-refractivity contribution in [3.05, 3.63) is 72.8 Å². The van der Waals surface area contributed by atoms with E-state index in [1.807, 2.05) is 61.6 Å². The zero-order chi connectivity index (χ0) is 24.5. The average Bonchev–Trinajstić information content (AvgIpc) is 3.14. The molecular formula is C27H35N3O4. The van der Waals surface area contributed by atoms with Gasteiger partial charge in [-0.15, -0.1) is 6.58 Å². The molecule has 1 heterocycles. The van der Waals surface area contributed by atoms with Crippen LogP contribution in [0.25, 0.3) is 11.3 Å². The standard InChI is InChI=1S/C27H35N3O4/c1-6-16-33-19-22(31)17-30(20(2)3)18-25-26(21-10-8-7-9-11-21)28-29(4)27(25)34-24-14-12-23(32-5)13-15-24/h6-15,20,22,31H,1,16-19H2,2-5H3/t22-/m0/s1. The second kappa shape index (κ2) is 12.4. The third-order valence-electron chi connectivity index (χ3n) is 5.49. The van der Waals surface area contributed by atoms with Gasteiger partial charge in [0.15, 0.2) is 0 Å². The van der Waals surface area contributed by atoms with E-state index in [4.69, 9.17) is 19.3 Å². The molecule has 0 unspecified atom stereocenters. The Morgan fingerprint density at radius 1 is 1.09 bits per heavy atom. The van der Waals surface area contributed by atoms with E-state index in [1.165, 1.54) is 0 Å². The van der Waals surface area contributed by atoms with Gasteiger partial charge in [-0.1, -0.05) is 36.4 Å². The van der Waals surface area contributed by atoms with Gasteiger partial charge in [0.2, 0.25) is 5.88 Å². The van der Waals surface area contributed by atoms with Gasteiger partial charge in [-0.2, -0.15) is 5.10 Å². The Morgan fingerprint density at radius 2 is 1.76 bits per heavy atom. The molecule has 0 saturated heterocycles. The van der Waals surface area contributed by atoms with Crippen molar-refractivity contribution >= 4 is 0 Å². The van der Waals surface area contributed by atoms with Gasteiger partial charge in [-0.25, -0.2) is 4.68 Å². The minimum atomic E-state index is -0.620. The fourth-order valence-corrected chi connectivity index (χ4v) is 3.68. The second-order valence-corrected chi connectivity index (χ2v) is 8.40. The van der Waals surface area contributed by atoms with Crippen molar-refractivity contribution in [1.82, 2.24) is 14.7 Å². The van der Waals surface area contributed by atoms with Crippen LogP contribution in [-0.4, -0.2) is 58.8 Å². The van der Waals surface area contributed by atoms with Gasteiger partial charge < -0.3 is 19.3 Å². The Labute approximate surface area is 202 Å². The van der Waals surface area contributed by atoms with E-state index in [2.05, 4.69) is 25.3 Å². The maximum absolute atomic E-state index is 10.6. The number of rotatable bonds is 13. The molecule has 7 heteroatoms. The minimum Gasteiger partial charge on any atom is -0.497 e. The lowest BCUT2D eigenvalue weighted by molar-refractivity contribution is 0.0177. The van der Waals surface area contributed by atoms with Crippen LogP contribution in [0.2, 0.25) is 0 Å². The molecule has 0 spiro atoms. The summed E-state index contributed by atoms with van der Waals surface area (Å²) in [5, 5.41) is 15.4. The average molecular weight is 466 g/mol. The number of aliphatic hydroxyl groups excluding tert-OH is 1. The van der Waals surface area contributed by atoms with Crippen molar-refractivity contribution < 1.29 is 19.3 Å². The van der Waals surface area contributed by atoms with Gasteiger partial charge in [-0.3, -0.25) is 4.90 Å². The van der Waals surface area contributed by atoms with E-state index < -0.39 is 6.10 Å². The molecule has 34 heavy (non-hydrogen) atoms. The Morgan fingerprint density at radius 3 is 2.38 bits per heavy atom. The Hall–Kier alpha value is -3.13. The number of methoxy groups -OCH3 is 1. The van der Waals surface area contributed by atoms with Crippen LogP contribution in [0.3, 0.4) is 0 Å². The monoisotopic (exact) mass is 465 g/mol. The number of aliphatic hydroxyl groups is 1. The SMILES string of the molecule is C=CCOC[C@@H](O)CN(Cc1c(-c2ccccc2)nn(C)c1Oc1ccc(OC)cc1)C(C)C. The van der Waals surface area contributed by atoms with Crippen molar-refractivity contribution in [2.75, 3.05) is 26.9 Å². The Kier molecular flexibility index (Phi) is 9.27. The molecule has 1 aromatic heterocycles. The molecule has 0 bridgehead atoms. The highest BCUT2D eigenvalue weighted by molar-refractivity contribution is 5.65. The van der Waals surface area contributed by atoms with E-state index >= 15 is 0 Å². The van der Waals surface area contributed by atoms with Crippen LogP contribution < -0.4 is 9.47 Å². The summed E-state index contributed by atoms with van der Waals surface area (Å²) in [6.07, 6.45) is 1.06. The molecule has 3 aromatic rings. The summed E-state index contributed by atoms with van der Waals surface area (Å²) in [5.74, 6) is 2.12. The highest BCUT2D eigenvalue weighted by atomic mass is 16.5. The first-order valence-electron chi connectivity index (χ1n) is 11.5. The number of aromatic nitrogens is 2. The van der Waals surface area contributed by atoms with E-state index in [-0.39, 0.29) is 12.6 Å². The summed E-state index contributed by atoms with van der Waals surface area (Å²) in [7, 11) is 3.52. The van der Waals surface area contributed by atoms with E-state index in [0.717, 1.165) is 22.6 Å². The number of aryl methyl sites for hydroxylation is 1. The normalized spacial score (nSPS) is 12.2. The van der Waals surface area contributed by atoms with Crippen molar-refractivity contribution in [1.29, 1.82) is 0 Å². The van der Waals surface area contributed by atoms with Crippen molar-refractivity contribution in [3.63, 3.8) is 0 Å². The zero-order valence-corrected chi connectivity index (χ0v) is 20.5. The topological polar surface area (TPSA) is 69.0 Å². The smallest absolute Gasteiger partial charge is 0.222 e. The number of ether oxygens (including phenoxy) is 3. The molecule has 7 nitrogen and oxygen atoms in total. The first-order chi connectivity index (χ1) is 16.4. The minimum absolute atomic E-state index is 0.187. The number of benzene rings is 2. The molecule has 0 fully saturated rings. The summed E-state index contributed by atoms with van der Waals surface area (Å²) in [5.41, 5.74) is 2.82. The quantitative estimate of drug-likeness (QED) is 0.292. The molecule has 1 atom stereocenters. The number of hydrogen-bond donors (Lipinski definition) is 1. The molecule has 2 aromatic carbocycles. The van der Waals surface area contributed by atoms with Gasteiger partial charge in [0.1, 0.15) is 17.2 Å². The molecule has 1 N–H and O–H groups in total. The first kappa shape index (κ1) is 25.5. The fraction of sp³-hybridized carbons (Fsp3) is 0.370. The van der Waals surface area contributed by atoms with Crippen LogP contribution in [0.4, 0.5) is 0 Å². The van der Waals surface area contributed by atoms with Gasteiger partial charge in [0.25, 0.3) is 0 Å². The molecule has 182 valence electrons. The fourth-order valence-electron chi connectivity index (χ4n) is 3.68. The van der Waals surface area contributed by atoms with Gasteiger partial charge >= 0.3 is 0 Å². The van der Waals surface area contributed by atoms with E-state index in [1.54, 1.807) is 17.9 Å². The predicted octanol–water partition coefficient (Wildman–Crippen LogP) is 4.66. The lowest BCUT2D eigenvalue weighted by Gasteiger charge is -2.29. The van der Waals surface area contributed by atoms with Gasteiger partial charge in [0.05, 0.1) is 32.0 Å². The van der Waals surface area contributed by atoms with Crippen LogP contribution in [-0.2, 0) is 18.3 Å². The number of nitrogens with zero attached hydrogens (tertiary/aromatic N) is 3. The van der Waals surface area contributed by atoms with E-state index in [9.17, 15) is 5.11 Å². The van der Waals surface area contributed by atoms with Crippen LogP contribution >= 0.6 is 0 Å². The summed E-state index contributed by atoms with van der Waals surface area (Å²) in [6, 6.07) is 17.7. The zero-order valence-electron chi connectivity index (χ0n) is 20.5. The maximum atomic E-state index is 10.6. The molecule has 0 saturated carbocycles. The summed E-state index contributed by atoms with van der Waals surface area (Å²) < 4.78 is 18.8. The Balaban J connectivity index is 1.93. The van der Waals surface area contributed by atoms with Crippen molar-refractivity contribution in [2.24, 2.45) is 7.05 Å². The van der Waals surface area contributed by atoms with Crippen LogP contribution in [0.1, 0.15) is 19.4 Å². The molecule has 3 rings (SSSR count). The molecule has 0 radical (unpaired) electrons. The van der Waals surface area contributed by atoms with E-state index in [0.29, 0.717) is 31.3 Å². The molecule has 0 aliphatic rings. The summed E-state index contributed by atoms with van der Waals surface area (Å²) in [4.78, 5) is 2.20. The molecule has 0 amide bonds. The Bertz CT molecular complexity index is 1030. The van der Waals surface area contributed by atoms with Gasteiger partial charge in [-0.05, 0) is 38.1 Å². The third kappa shape index (κ3) is 6.70. The summed E-state index contributed by atoms with van der Waals surface area (Å²) >= 11 is 0. The van der Waals surface area contributed by atoms with Crippen LogP contribution in [0.15, 0.2) is 67.3 Å². The highest BCUT2D eigenvalue weighted by Gasteiger charge is 2.24. The lowest BCUT2D eigenvalue weighted by atomic mass is 10.1. The second-order valence-electron chi connectivity index (χ2n) is 8.40. The lowest BCUT2D eigenvalue weighted by Crippen LogP contribution is -2.39. The van der Waals surface area contributed by atoms with Crippen LogP contribution in [0, 0.1) is 0 Å². The van der Waals surface area contributed by atoms with Gasteiger partial charge in [0, 0.05) is 31.7 Å². The predicted molar refractivity (Wildman–Crippen MR) is 134 cm³/mol. The first-order valence-corrected chi connectivity index (χ1v) is 11.5. The van der Waals surface area contributed by atoms with Crippen molar-refractivity contribution in [3.8, 4) is 28.6 Å². The maximum Gasteiger partial charge on any atom is 0.222 e. The molecule has 0 aliphatic carbocycles. The molecular weight excluding hydrogens is 430 g/mol. The van der Waals surface area contributed by atoms with Crippen LogP contribution in [0.5, 0.6) is 17.4 Å². The van der Waals surface area contributed by atoms with Crippen molar-refractivity contribution in [2.45, 2.75) is 32.5 Å². The largest absolute Gasteiger partial charge is 0.497 e. The number of hydrogen-bond acceptors (Lipinski definition) is 6. The highest BCUT2D eigenvalue weighted by Crippen LogP contribution is 2.35.